The summed E-state index contributed by atoms with van der Waals surface area (Å²) in [4.78, 5) is 0. The molecule has 1 aromatic carbocycles. The molecule has 0 spiro atoms. The van der Waals surface area contributed by atoms with Crippen LogP contribution in [0.3, 0.4) is 0 Å². The topological polar surface area (TPSA) is 43.8 Å². The minimum Gasteiger partial charge on any atom is -0.326 e. The van der Waals surface area contributed by atoms with E-state index in [1.807, 2.05) is 32.2 Å². The first-order chi connectivity index (χ1) is 8.63. The molecule has 0 fully saturated rings. The lowest BCUT2D eigenvalue weighted by molar-refractivity contribution is 0.407. The van der Waals surface area contributed by atoms with Gasteiger partial charge in [0, 0.05) is 17.8 Å². The summed E-state index contributed by atoms with van der Waals surface area (Å²) in [5, 5.41) is 4.37. The molecule has 0 amide bonds. The van der Waals surface area contributed by atoms with Gasteiger partial charge in [-0.15, -0.1) is 0 Å². The van der Waals surface area contributed by atoms with Gasteiger partial charge in [-0.1, -0.05) is 25.1 Å². The Labute approximate surface area is 106 Å². The Bertz CT molecular complexity index is 521. The van der Waals surface area contributed by atoms with Crippen LogP contribution in [0.5, 0.6) is 0 Å². The van der Waals surface area contributed by atoms with E-state index in [0.29, 0.717) is 5.56 Å². The number of aromatic nitrogens is 2. The van der Waals surface area contributed by atoms with Gasteiger partial charge < -0.3 is 5.73 Å². The van der Waals surface area contributed by atoms with Crippen molar-refractivity contribution in [3.8, 4) is 0 Å². The lowest BCUT2D eigenvalue weighted by atomic mass is 9.98. The van der Waals surface area contributed by atoms with Crippen LogP contribution in [0.4, 0.5) is 4.39 Å². The summed E-state index contributed by atoms with van der Waals surface area (Å²) < 4.78 is 15.7. The van der Waals surface area contributed by atoms with Gasteiger partial charge >= 0.3 is 0 Å². The number of benzene rings is 1. The minimum atomic E-state index is -0.259. The number of hydrogen-bond acceptors (Lipinski definition) is 2. The maximum absolute atomic E-state index is 13.9. The highest BCUT2D eigenvalue weighted by Gasteiger charge is 2.23. The minimum absolute atomic E-state index is 0.166. The molecule has 2 atom stereocenters. The second kappa shape index (κ2) is 5.31. The van der Waals surface area contributed by atoms with E-state index in [4.69, 9.17) is 5.73 Å². The van der Waals surface area contributed by atoms with E-state index in [1.165, 1.54) is 6.07 Å². The van der Waals surface area contributed by atoms with E-state index in [2.05, 4.69) is 5.10 Å². The van der Waals surface area contributed by atoms with Crippen molar-refractivity contribution in [2.24, 2.45) is 5.73 Å². The molecule has 0 saturated carbocycles. The molecule has 18 heavy (non-hydrogen) atoms. The zero-order chi connectivity index (χ0) is 13.1. The first-order valence-electron chi connectivity index (χ1n) is 6.15. The molecule has 1 aromatic heterocycles. The predicted molar refractivity (Wildman–Crippen MR) is 69.8 cm³/mol. The molecule has 0 bridgehead atoms. The normalized spacial score (nSPS) is 14.4. The molecule has 4 heteroatoms. The SMILES string of the molecule is CCC(N)C(c1ccccc1F)n1ccc(C)n1. The van der Waals surface area contributed by atoms with E-state index in [9.17, 15) is 4.39 Å². The number of rotatable bonds is 4. The fraction of sp³-hybridized carbons (Fsp3) is 0.357. The molecule has 2 N–H and O–H groups in total. The Hall–Kier alpha value is -1.68. The molecule has 2 unspecified atom stereocenters. The number of nitrogens with zero attached hydrogens (tertiary/aromatic N) is 2. The van der Waals surface area contributed by atoms with E-state index in [0.717, 1.165) is 12.1 Å². The maximum atomic E-state index is 13.9. The number of nitrogens with two attached hydrogens (primary N) is 1. The summed E-state index contributed by atoms with van der Waals surface area (Å²) >= 11 is 0. The van der Waals surface area contributed by atoms with Crippen molar-refractivity contribution in [1.82, 2.24) is 9.78 Å². The van der Waals surface area contributed by atoms with Crippen LogP contribution in [0.2, 0.25) is 0 Å². The molecular weight excluding hydrogens is 229 g/mol. The van der Waals surface area contributed by atoms with Crippen LogP contribution in [-0.4, -0.2) is 15.8 Å². The summed E-state index contributed by atoms with van der Waals surface area (Å²) in [6, 6.07) is 8.21. The number of halogens is 1. The van der Waals surface area contributed by atoms with E-state index >= 15 is 0 Å². The zero-order valence-corrected chi connectivity index (χ0v) is 10.7. The van der Waals surface area contributed by atoms with E-state index in [-0.39, 0.29) is 17.9 Å². The van der Waals surface area contributed by atoms with Crippen molar-refractivity contribution in [1.29, 1.82) is 0 Å². The van der Waals surface area contributed by atoms with Crippen molar-refractivity contribution in [3.63, 3.8) is 0 Å². The summed E-state index contributed by atoms with van der Waals surface area (Å²) in [5.41, 5.74) is 7.63. The van der Waals surface area contributed by atoms with Crippen LogP contribution in [0, 0.1) is 12.7 Å². The van der Waals surface area contributed by atoms with E-state index < -0.39 is 0 Å². The van der Waals surface area contributed by atoms with Crippen molar-refractivity contribution in [2.45, 2.75) is 32.4 Å². The van der Waals surface area contributed by atoms with Crippen LogP contribution in [0.25, 0.3) is 0 Å². The van der Waals surface area contributed by atoms with Crippen LogP contribution in [0.1, 0.15) is 30.6 Å². The van der Waals surface area contributed by atoms with Crippen molar-refractivity contribution < 1.29 is 4.39 Å². The van der Waals surface area contributed by atoms with Gasteiger partial charge in [-0.05, 0) is 25.5 Å². The Balaban J connectivity index is 2.47. The molecule has 2 aromatic rings. The Morgan fingerprint density at radius 3 is 2.61 bits per heavy atom. The van der Waals surface area contributed by atoms with Gasteiger partial charge in [0.25, 0.3) is 0 Å². The predicted octanol–water partition coefficient (Wildman–Crippen LogP) is 2.66. The summed E-state index contributed by atoms with van der Waals surface area (Å²) in [5.74, 6) is -0.237. The van der Waals surface area contributed by atoms with Gasteiger partial charge in [0.05, 0.1) is 11.7 Å². The molecule has 1 heterocycles. The third-order valence-corrected chi connectivity index (χ3v) is 3.13. The van der Waals surface area contributed by atoms with Crippen molar-refractivity contribution >= 4 is 0 Å². The smallest absolute Gasteiger partial charge is 0.128 e. The standard InChI is InChI=1S/C14H18FN3/c1-3-13(16)14(18-9-8-10(2)17-18)11-6-4-5-7-12(11)15/h4-9,13-14H,3,16H2,1-2H3. The molecule has 0 saturated heterocycles. The third-order valence-electron chi connectivity index (χ3n) is 3.13. The quantitative estimate of drug-likeness (QED) is 0.902. The Morgan fingerprint density at radius 1 is 1.33 bits per heavy atom. The van der Waals surface area contributed by atoms with E-state index in [1.54, 1.807) is 16.8 Å². The summed E-state index contributed by atoms with van der Waals surface area (Å²) in [7, 11) is 0. The second-order valence-electron chi connectivity index (χ2n) is 4.48. The molecule has 96 valence electrons. The number of hydrogen-bond donors (Lipinski definition) is 1. The Kier molecular flexibility index (Phi) is 3.77. The first-order valence-corrected chi connectivity index (χ1v) is 6.15. The van der Waals surface area contributed by atoms with Gasteiger partial charge in [0.1, 0.15) is 5.82 Å². The molecule has 0 aliphatic carbocycles. The summed E-state index contributed by atoms with van der Waals surface area (Å²) in [6.07, 6.45) is 2.61. The fourth-order valence-corrected chi connectivity index (χ4v) is 2.10. The largest absolute Gasteiger partial charge is 0.326 e. The second-order valence-corrected chi connectivity index (χ2v) is 4.48. The molecule has 0 aliphatic heterocycles. The highest BCUT2D eigenvalue weighted by molar-refractivity contribution is 5.23. The molecule has 0 radical (unpaired) electrons. The van der Waals surface area contributed by atoms with Gasteiger partial charge in [-0.2, -0.15) is 5.10 Å². The lowest BCUT2D eigenvalue weighted by Crippen LogP contribution is -2.33. The monoisotopic (exact) mass is 247 g/mol. The van der Waals surface area contributed by atoms with Gasteiger partial charge in [0.2, 0.25) is 0 Å². The molecule has 3 nitrogen and oxygen atoms in total. The van der Waals surface area contributed by atoms with Crippen molar-refractivity contribution in [2.75, 3.05) is 0 Å². The van der Waals surface area contributed by atoms with Crippen LogP contribution < -0.4 is 5.73 Å². The number of aryl methyl sites for hydroxylation is 1. The van der Waals surface area contributed by atoms with Gasteiger partial charge in [-0.3, -0.25) is 4.68 Å². The fourth-order valence-electron chi connectivity index (χ4n) is 2.10. The van der Waals surface area contributed by atoms with Crippen LogP contribution in [0.15, 0.2) is 36.5 Å². The van der Waals surface area contributed by atoms with Crippen LogP contribution in [-0.2, 0) is 0 Å². The average Bonchev–Trinajstić information content (AvgIpc) is 2.78. The highest BCUT2D eigenvalue weighted by Crippen LogP contribution is 2.24. The average molecular weight is 247 g/mol. The van der Waals surface area contributed by atoms with Gasteiger partial charge in [0.15, 0.2) is 0 Å². The Morgan fingerprint density at radius 2 is 2.06 bits per heavy atom. The molecule has 0 aliphatic rings. The zero-order valence-electron chi connectivity index (χ0n) is 10.7. The van der Waals surface area contributed by atoms with Crippen LogP contribution >= 0.6 is 0 Å². The maximum Gasteiger partial charge on any atom is 0.128 e. The van der Waals surface area contributed by atoms with Gasteiger partial charge in [-0.25, -0.2) is 4.39 Å². The molecule has 2 rings (SSSR count). The summed E-state index contributed by atoms with van der Waals surface area (Å²) in [6.45, 7) is 3.90. The third kappa shape index (κ3) is 2.43. The molecular formula is C14H18FN3. The lowest BCUT2D eigenvalue weighted by Gasteiger charge is -2.24. The first kappa shape index (κ1) is 12.8. The van der Waals surface area contributed by atoms with Crippen molar-refractivity contribution in [3.05, 3.63) is 53.6 Å². The highest BCUT2D eigenvalue weighted by atomic mass is 19.1.